The highest BCUT2D eigenvalue weighted by molar-refractivity contribution is 7.98. The predicted molar refractivity (Wildman–Crippen MR) is 103 cm³/mol. The van der Waals surface area contributed by atoms with Gasteiger partial charge in [0.05, 0.1) is 10.6 Å². The molecule has 0 amide bonds. The highest BCUT2D eigenvalue weighted by atomic mass is 32.2. The molecule has 0 unspecified atom stereocenters. The molecule has 0 aliphatic heterocycles. The first-order valence-corrected chi connectivity index (χ1v) is 9.13. The molecule has 0 saturated heterocycles. The molecule has 3 aromatic rings. The molecule has 0 fully saturated rings. The van der Waals surface area contributed by atoms with Crippen LogP contribution in [0.5, 0.6) is 0 Å². The maximum Gasteiger partial charge on any atom is 0.249 e. The van der Waals surface area contributed by atoms with E-state index in [0.29, 0.717) is 21.9 Å². The highest BCUT2D eigenvalue weighted by Gasteiger charge is 2.13. The minimum atomic E-state index is -0.192. The number of aromatic nitrogens is 1. The number of rotatable bonds is 5. The SMILES string of the molecule is CCc1cccc(CSc2[nH]c(=O)cc(-c3ccccc3)c2C#N)c1. The Morgan fingerprint density at radius 2 is 1.80 bits per heavy atom. The zero-order valence-electron chi connectivity index (χ0n) is 14.0. The lowest BCUT2D eigenvalue weighted by molar-refractivity contribution is 1.06. The molecule has 1 aromatic heterocycles. The number of benzene rings is 2. The predicted octanol–water partition coefficient (Wildman–Crippen LogP) is 4.77. The van der Waals surface area contributed by atoms with Crippen LogP contribution >= 0.6 is 11.8 Å². The first-order valence-electron chi connectivity index (χ1n) is 8.14. The molecule has 0 spiro atoms. The van der Waals surface area contributed by atoms with Crippen LogP contribution < -0.4 is 5.56 Å². The molecule has 0 bridgehead atoms. The van der Waals surface area contributed by atoms with Crippen molar-refractivity contribution < 1.29 is 0 Å². The van der Waals surface area contributed by atoms with E-state index in [0.717, 1.165) is 12.0 Å². The molecular formula is C21H18N2OS. The number of pyridine rings is 1. The van der Waals surface area contributed by atoms with E-state index < -0.39 is 0 Å². The molecule has 0 saturated carbocycles. The summed E-state index contributed by atoms with van der Waals surface area (Å²) in [6.45, 7) is 2.13. The Morgan fingerprint density at radius 3 is 2.52 bits per heavy atom. The molecule has 0 radical (unpaired) electrons. The van der Waals surface area contributed by atoms with Crippen molar-refractivity contribution >= 4 is 11.8 Å². The van der Waals surface area contributed by atoms with Gasteiger partial charge in [-0.15, -0.1) is 11.8 Å². The van der Waals surface area contributed by atoms with Crippen LogP contribution in [-0.2, 0) is 12.2 Å². The average molecular weight is 346 g/mol. The number of hydrogen-bond acceptors (Lipinski definition) is 3. The van der Waals surface area contributed by atoms with Gasteiger partial charge in [0, 0.05) is 17.4 Å². The fourth-order valence-corrected chi connectivity index (χ4v) is 3.66. The normalized spacial score (nSPS) is 10.4. The molecule has 4 heteroatoms. The summed E-state index contributed by atoms with van der Waals surface area (Å²) in [6.07, 6.45) is 0.988. The summed E-state index contributed by atoms with van der Waals surface area (Å²) in [4.78, 5) is 14.9. The smallest absolute Gasteiger partial charge is 0.249 e. The second kappa shape index (κ2) is 7.87. The van der Waals surface area contributed by atoms with E-state index >= 15 is 0 Å². The van der Waals surface area contributed by atoms with Crippen molar-refractivity contribution in [2.24, 2.45) is 0 Å². The molecule has 0 atom stereocenters. The molecule has 3 rings (SSSR count). The minimum absolute atomic E-state index is 0.192. The van der Waals surface area contributed by atoms with Gasteiger partial charge in [0.1, 0.15) is 6.07 Å². The van der Waals surface area contributed by atoms with Crippen LogP contribution in [0.4, 0.5) is 0 Å². The van der Waals surface area contributed by atoms with E-state index in [4.69, 9.17) is 0 Å². The van der Waals surface area contributed by atoms with Gasteiger partial charge in [0.2, 0.25) is 5.56 Å². The molecule has 1 N–H and O–H groups in total. The molecule has 1 heterocycles. The number of hydrogen-bond donors (Lipinski definition) is 1. The number of H-pyrrole nitrogens is 1. The maximum atomic E-state index is 12.1. The Labute approximate surface area is 151 Å². The Kier molecular flexibility index (Phi) is 5.37. The highest BCUT2D eigenvalue weighted by Crippen LogP contribution is 2.30. The van der Waals surface area contributed by atoms with Gasteiger partial charge < -0.3 is 4.98 Å². The second-order valence-electron chi connectivity index (χ2n) is 5.69. The maximum absolute atomic E-state index is 12.1. The average Bonchev–Trinajstić information content (AvgIpc) is 2.66. The van der Waals surface area contributed by atoms with Gasteiger partial charge in [-0.05, 0) is 23.1 Å². The van der Waals surface area contributed by atoms with Crippen LogP contribution in [0.1, 0.15) is 23.6 Å². The molecule has 0 aliphatic carbocycles. The van der Waals surface area contributed by atoms with Gasteiger partial charge >= 0.3 is 0 Å². The summed E-state index contributed by atoms with van der Waals surface area (Å²) in [5, 5.41) is 10.3. The zero-order chi connectivity index (χ0) is 17.6. The van der Waals surface area contributed by atoms with Crippen molar-refractivity contribution in [3.05, 3.63) is 87.7 Å². The van der Waals surface area contributed by atoms with Crippen LogP contribution in [0, 0.1) is 11.3 Å². The summed E-state index contributed by atoms with van der Waals surface area (Å²) >= 11 is 1.49. The lowest BCUT2D eigenvalue weighted by Gasteiger charge is -2.09. The third-order valence-electron chi connectivity index (χ3n) is 3.99. The number of nitrogens with zero attached hydrogens (tertiary/aromatic N) is 1. The molecule has 2 aromatic carbocycles. The largest absolute Gasteiger partial charge is 0.316 e. The fourth-order valence-electron chi connectivity index (χ4n) is 2.70. The number of nitriles is 1. The van der Waals surface area contributed by atoms with Crippen molar-refractivity contribution in [1.82, 2.24) is 4.98 Å². The van der Waals surface area contributed by atoms with Gasteiger partial charge in [-0.1, -0.05) is 61.5 Å². The Bertz CT molecular complexity index is 971. The van der Waals surface area contributed by atoms with Crippen LogP contribution in [-0.4, -0.2) is 4.98 Å². The van der Waals surface area contributed by atoms with Crippen molar-refractivity contribution in [3.8, 4) is 17.2 Å². The van der Waals surface area contributed by atoms with E-state index in [9.17, 15) is 10.1 Å². The topological polar surface area (TPSA) is 56.6 Å². The first-order chi connectivity index (χ1) is 12.2. The molecular weight excluding hydrogens is 328 g/mol. The monoisotopic (exact) mass is 346 g/mol. The van der Waals surface area contributed by atoms with E-state index in [1.54, 1.807) is 0 Å². The van der Waals surface area contributed by atoms with Crippen LogP contribution in [0.15, 0.2) is 70.5 Å². The van der Waals surface area contributed by atoms with Gasteiger partial charge in [-0.2, -0.15) is 5.26 Å². The number of aryl methyl sites for hydroxylation is 1. The van der Waals surface area contributed by atoms with Gasteiger partial charge in [0.25, 0.3) is 0 Å². The van der Waals surface area contributed by atoms with Gasteiger partial charge in [-0.25, -0.2) is 0 Å². The lowest BCUT2D eigenvalue weighted by Crippen LogP contribution is -2.08. The molecule has 0 aliphatic rings. The number of aromatic amines is 1. The summed E-state index contributed by atoms with van der Waals surface area (Å²) in [5.74, 6) is 0.705. The summed E-state index contributed by atoms with van der Waals surface area (Å²) < 4.78 is 0. The zero-order valence-corrected chi connectivity index (χ0v) is 14.8. The van der Waals surface area contributed by atoms with Gasteiger partial charge in [0.15, 0.2) is 0 Å². The Morgan fingerprint density at radius 1 is 1.04 bits per heavy atom. The summed E-state index contributed by atoms with van der Waals surface area (Å²) in [6, 6.07) is 21.7. The van der Waals surface area contributed by atoms with Gasteiger partial charge in [-0.3, -0.25) is 4.79 Å². The third-order valence-corrected chi connectivity index (χ3v) is 5.06. The summed E-state index contributed by atoms with van der Waals surface area (Å²) in [5.41, 5.74) is 4.34. The number of nitrogens with one attached hydrogen (secondary N) is 1. The number of thioether (sulfide) groups is 1. The van der Waals surface area contributed by atoms with E-state index in [2.05, 4.69) is 36.2 Å². The van der Waals surface area contributed by atoms with E-state index in [1.165, 1.54) is 29.0 Å². The van der Waals surface area contributed by atoms with E-state index in [1.807, 2.05) is 36.4 Å². The van der Waals surface area contributed by atoms with Crippen molar-refractivity contribution in [2.75, 3.05) is 0 Å². The third kappa shape index (κ3) is 4.01. The first kappa shape index (κ1) is 17.1. The molecule has 124 valence electrons. The quantitative estimate of drug-likeness (QED) is 0.677. The lowest BCUT2D eigenvalue weighted by atomic mass is 10.0. The molecule has 25 heavy (non-hydrogen) atoms. The Hall–Kier alpha value is -2.77. The second-order valence-corrected chi connectivity index (χ2v) is 6.68. The van der Waals surface area contributed by atoms with Crippen molar-refractivity contribution in [2.45, 2.75) is 24.1 Å². The summed E-state index contributed by atoms with van der Waals surface area (Å²) in [7, 11) is 0. The van der Waals surface area contributed by atoms with Crippen LogP contribution in [0.3, 0.4) is 0 Å². The van der Waals surface area contributed by atoms with Crippen molar-refractivity contribution in [1.29, 1.82) is 5.26 Å². The van der Waals surface area contributed by atoms with E-state index in [-0.39, 0.29) is 5.56 Å². The fraction of sp³-hybridized carbons (Fsp3) is 0.143. The van der Waals surface area contributed by atoms with Crippen molar-refractivity contribution in [3.63, 3.8) is 0 Å². The standard InChI is InChI=1S/C21H18N2OS/c1-2-15-7-6-8-16(11-15)14-25-21-19(13-22)18(12-20(24)23-21)17-9-4-3-5-10-17/h3-12H,2,14H2,1H3,(H,23,24). The Balaban J connectivity index is 1.95. The molecule has 3 nitrogen and oxygen atoms in total. The van der Waals surface area contributed by atoms with Crippen LogP contribution in [0.2, 0.25) is 0 Å². The minimum Gasteiger partial charge on any atom is -0.316 e. The van der Waals surface area contributed by atoms with Crippen LogP contribution in [0.25, 0.3) is 11.1 Å².